The molecule has 0 aromatic carbocycles. The van der Waals surface area contributed by atoms with Crippen molar-refractivity contribution in [1.82, 2.24) is 15.0 Å². The molecule has 0 fully saturated rings. The monoisotopic (exact) mass is 266 g/mol. The molecule has 0 aliphatic heterocycles. The number of nitrogens with one attached hydrogen (secondary N) is 1. The minimum atomic E-state index is -0.0339. The van der Waals surface area contributed by atoms with Crippen LogP contribution in [0.2, 0.25) is 0 Å². The zero-order valence-electron chi connectivity index (χ0n) is 10.8. The van der Waals surface area contributed by atoms with E-state index in [1.165, 1.54) is 11.5 Å². The molecule has 0 aliphatic carbocycles. The highest BCUT2D eigenvalue weighted by Gasteiger charge is 2.27. The molecule has 1 unspecified atom stereocenters. The minimum absolute atomic E-state index is 0.0109. The summed E-state index contributed by atoms with van der Waals surface area (Å²) in [6, 6.07) is 1.95. The molecule has 0 amide bonds. The average Bonchev–Trinajstić information content (AvgIpc) is 2.95. The molecule has 6 heteroatoms. The highest BCUT2D eigenvalue weighted by molar-refractivity contribution is 7.05. The first-order valence-electron chi connectivity index (χ1n) is 5.82. The maximum Gasteiger partial charge on any atom is 0.0935 e. The summed E-state index contributed by atoms with van der Waals surface area (Å²) in [7, 11) is 0. The number of hydrogen-bond donors (Lipinski definition) is 2. The summed E-state index contributed by atoms with van der Waals surface area (Å²) in [5.41, 5.74) is 4.91. The lowest BCUT2D eigenvalue weighted by atomic mass is 9.89. The third kappa shape index (κ3) is 2.77. The Hall–Kier alpha value is -1.24. The predicted octanol–water partition coefficient (Wildman–Crippen LogP) is 2.18. The van der Waals surface area contributed by atoms with Gasteiger partial charge in [0.15, 0.2) is 0 Å². The van der Waals surface area contributed by atoms with E-state index in [4.69, 9.17) is 10.3 Å². The van der Waals surface area contributed by atoms with Crippen molar-refractivity contribution in [3.8, 4) is 0 Å². The van der Waals surface area contributed by atoms with Crippen molar-refractivity contribution in [1.29, 1.82) is 0 Å². The van der Waals surface area contributed by atoms with Gasteiger partial charge in [-0.3, -0.25) is 11.3 Å². The van der Waals surface area contributed by atoms with E-state index in [1.54, 1.807) is 12.5 Å². The number of nitrogens with zero attached hydrogens (tertiary/aromatic N) is 2. The van der Waals surface area contributed by atoms with Gasteiger partial charge in [0, 0.05) is 5.41 Å². The van der Waals surface area contributed by atoms with E-state index in [9.17, 15) is 0 Å². The van der Waals surface area contributed by atoms with E-state index >= 15 is 0 Å². The first kappa shape index (κ1) is 13.2. The molecule has 2 aromatic rings. The minimum Gasteiger partial charge on any atom is -0.472 e. The summed E-state index contributed by atoms with van der Waals surface area (Å²) in [5.74, 6) is 5.66. The van der Waals surface area contributed by atoms with Gasteiger partial charge in [-0.25, -0.2) is 0 Å². The van der Waals surface area contributed by atoms with E-state index in [1.807, 2.05) is 6.07 Å². The third-order valence-corrected chi connectivity index (χ3v) is 3.60. The van der Waals surface area contributed by atoms with Gasteiger partial charge in [-0.1, -0.05) is 25.3 Å². The van der Waals surface area contributed by atoms with Crippen molar-refractivity contribution in [2.75, 3.05) is 0 Å². The molecule has 5 nitrogen and oxygen atoms in total. The summed E-state index contributed by atoms with van der Waals surface area (Å²) in [6.45, 7) is 6.37. The van der Waals surface area contributed by atoms with Crippen LogP contribution >= 0.6 is 11.5 Å². The highest BCUT2D eigenvalue weighted by atomic mass is 32.1. The van der Waals surface area contributed by atoms with Gasteiger partial charge < -0.3 is 4.42 Å². The second kappa shape index (κ2) is 5.17. The van der Waals surface area contributed by atoms with Gasteiger partial charge in [0.1, 0.15) is 0 Å². The molecule has 0 radical (unpaired) electrons. The Morgan fingerprint density at radius 2 is 2.28 bits per heavy atom. The molecular weight excluding hydrogens is 248 g/mol. The first-order valence-corrected chi connectivity index (χ1v) is 6.59. The van der Waals surface area contributed by atoms with E-state index in [-0.39, 0.29) is 11.5 Å². The van der Waals surface area contributed by atoms with Crippen LogP contribution in [-0.4, -0.2) is 9.59 Å². The largest absolute Gasteiger partial charge is 0.472 e. The first-order chi connectivity index (χ1) is 8.52. The lowest BCUT2D eigenvalue weighted by molar-refractivity contribution is 0.511. The van der Waals surface area contributed by atoms with Gasteiger partial charge in [0.2, 0.25) is 0 Å². The normalized spacial score (nSPS) is 13.8. The van der Waals surface area contributed by atoms with Crippen LogP contribution in [0.1, 0.15) is 42.9 Å². The van der Waals surface area contributed by atoms with Gasteiger partial charge in [0.05, 0.1) is 29.1 Å². The summed E-state index contributed by atoms with van der Waals surface area (Å²) in [6.07, 6.45) is 4.16. The second-order valence-corrected chi connectivity index (χ2v) is 6.08. The fourth-order valence-corrected chi connectivity index (χ4v) is 2.74. The Kier molecular flexibility index (Phi) is 3.79. The Bertz CT molecular complexity index is 486. The van der Waals surface area contributed by atoms with Crippen LogP contribution in [0.25, 0.3) is 0 Å². The molecule has 0 aliphatic rings. The van der Waals surface area contributed by atoms with Crippen molar-refractivity contribution in [2.45, 2.75) is 38.6 Å². The molecule has 0 saturated heterocycles. The third-order valence-electron chi connectivity index (χ3n) is 2.76. The molecule has 2 aromatic heterocycles. The fraction of sp³-hybridized carbons (Fsp3) is 0.500. The fourth-order valence-electron chi connectivity index (χ4n) is 1.82. The van der Waals surface area contributed by atoms with Gasteiger partial charge in [-0.15, -0.1) is 5.10 Å². The maximum atomic E-state index is 5.66. The van der Waals surface area contributed by atoms with E-state index in [0.29, 0.717) is 0 Å². The molecule has 2 heterocycles. The Balaban J connectivity index is 2.25. The molecule has 0 bridgehead atoms. The summed E-state index contributed by atoms with van der Waals surface area (Å²) >= 11 is 1.40. The van der Waals surface area contributed by atoms with E-state index < -0.39 is 0 Å². The number of rotatable bonds is 4. The quantitative estimate of drug-likeness (QED) is 0.655. The number of nitrogens with two attached hydrogens (primary N) is 1. The molecule has 0 spiro atoms. The Morgan fingerprint density at radius 3 is 2.83 bits per heavy atom. The molecule has 2 rings (SSSR count). The average molecular weight is 266 g/mol. The van der Waals surface area contributed by atoms with Crippen molar-refractivity contribution in [3.63, 3.8) is 0 Å². The zero-order chi connectivity index (χ0) is 13.2. The summed E-state index contributed by atoms with van der Waals surface area (Å²) in [4.78, 5) is 1.09. The van der Waals surface area contributed by atoms with Crippen molar-refractivity contribution >= 4 is 11.5 Å². The standard InChI is InChI=1S/C12H18N4OS/c1-12(2,3)11-10(18-16-15-11)9(14-13)6-8-4-5-17-7-8/h4-5,7,9,14H,6,13H2,1-3H3. The van der Waals surface area contributed by atoms with Crippen LogP contribution in [-0.2, 0) is 11.8 Å². The number of furan rings is 1. The number of aromatic nitrogens is 2. The van der Waals surface area contributed by atoms with Crippen molar-refractivity contribution < 1.29 is 4.42 Å². The van der Waals surface area contributed by atoms with Crippen molar-refractivity contribution in [2.24, 2.45) is 5.84 Å². The van der Waals surface area contributed by atoms with Crippen LogP contribution in [0.5, 0.6) is 0 Å². The lowest BCUT2D eigenvalue weighted by Gasteiger charge is -2.20. The Morgan fingerprint density at radius 1 is 1.50 bits per heavy atom. The summed E-state index contributed by atoms with van der Waals surface area (Å²) < 4.78 is 9.14. The molecule has 3 N–H and O–H groups in total. The molecular formula is C12H18N4OS. The number of hydrogen-bond acceptors (Lipinski definition) is 6. The lowest BCUT2D eigenvalue weighted by Crippen LogP contribution is -2.31. The van der Waals surface area contributed by atoms with Gasteiger partial charge >= 0.3 is 0 Å². The Labute approximate surface area is 111 Å². The molecule has 18 heavy (non-hydrogen) atoms. The van der Waals surface area contributed by atoms with Crippen LogP contribution in [0, 0.1) is 0 Å². The smallest absolute Gasteiger partial charge is 0.0935 e. The van der Waals surface area contributed by atoms with E-state index in [2.05, 4.69) is 35.8 Å². The molecule has 1 atom stereocenters. The molecule has 0 saturated carbocycles. The van der Waals surface area contributed by atoms with Crippen LogP contribution < -0.4 is 11.3 Å². The maximum absolute atomic E-state index is 5.66. The summed E-state index contributed by atoms with van der Waals surface area (Å²) in [5, 5.41) is 4.24. The SMILES string of the molecule is CC(C)(C)c1nnsc1C(Cc1ccoc1)NN. The zero-order valence-corrected chi connectivity index (χ0v) is 11.6. The predicted molar refractivity (Wildman–Crippen MR) is 71.1 cm³/mol. The highest BCUT2D eigenvalue weighted by Crippen LogP contribution is 2.31. The van der Waals surface area contributed by atoms with Crippen molar-refractivity contribution in [3.05, 3.63) is 34.7 Å². The van der Waals surface area contributed by atoms with Crippen LogP contribution in [0.4, 0.5) is 0 Å². The second-order valence-electron chi connectivity index (χ2n) is 5.29. The van der Waals surface area contributed by atoms with Gasteiger partial charge in [-0.2, -0.15) is 0 Å². The van der Waals surface area contributed by atoms with Crippen LogP contribution in [0.3, 0.4) is 0 Å². The van der Waals surface area contributed by atoms with Crippen LogP contribution in [0.15, 0.2) is 23.0 Å². The van der Waals surface area contributed by atoms with E-state index in [0.717, 1.165) is 22.6 Å². The van der Waals surface area contributed by atoms with Gasteiger partial charge in [0.25, 0.3) is 0 Å². The topological polar surface area (TPSA) is 77.0 Å². The number of hydrazine groups is 1. The van der Waals surface area contributed by atoms with Gasteiger partial charge in [-0.05, 0) is 29.6 Å². The molecule has 98 valence electrons.